The fraction of sp³-hybridized carbons (Fsp3) is 0.462. The minimum absolute atomic E-state index is 0.329. The number of carboxylic acids is 1. The largest absolute Gasteiger partial charge is 0.481 e. The second kappa shape index (κ2) is 5.12. The lowest BCUT2D eigenvalue weighted by atomic mass is 9.82. The first kappa shape index (κ1) is 12.7. The lowest BCUT2D eigenvalue weighted by molar-refractivity contribution is -0.148. The van der Waals surface area contributed by atoms with Crippen LogP contribution >= 0.6 is 0 Å². The Morgan fingerprint density at radius 1 is 1.38 bits per heavy atom. The predicted molar refractivity (Wildman–Crippen MR) is 64.2 cm³/mol. The maximum Gasteiger partial charge on any atom is 0.310 e. The lowest BCUT2D eigenvalue weighted by Gasteiger charge is -2.26. The van der Waals surface area contributed by atoms with Gasteiger partial charge in [-0.2, -0.15) is 0 Å². The predicted octanol–water partition coefficient (Wildman–Crippen LogP) is 2.06. The average molecular weight is 221 g/mol. The van der Waals surface area contributed by atoms with Crippen molar-refractivity contribution in [2.75, 3.05) is 0 Å². The van der Waals surface area contributed by atoms with E-state index in [9.17, 15) is 4.79 Å². The summed E-state index contributed by atoms with van der Waals surface area (Å²) in [5.41, 5.74) is 6.25. The Hall–Kier alpha value is -1.35. The van der Waals surface area contributed by atoms with Crippen molar-refractivity contribution in [2.24, 2.45) is 11.1 Å². The molecule has 0 radical (unpaired) electrons. The number of aliphatic carboxylic acids is 1. The summed E-state index contributed by atoms with van der Waals surface area (Å²) < 4.78 is 0. The van der Waals surface area contributed by atoms with Gasteiger partial charge in [-0.15, -0.1) is 0 Å². The standard InChI is InChI=1S/C13H19NO2/c1-13(2,12(15)16)11(14)9-8-10-6-4-3-5-7-10/h3-7,11H,8-9,14H2,1-2H3,(H,15,16)/t11-/m1/s1. The van der Waals surface area contributed by atoms with Crippen molar-refractivity contribution in [2.45, 2.75) is 32.7 Å². The number of benzene rings is 1. The second-order valence-electron chi connectivity index (χ2n) is 4.66. The number of hydrogen-bond acceptors (Lipinski definition) is 2. The van der Waals surface area contributed by atoms with Gasteiger partial charge in [0.05, 0.1) is 5.41 Å². The van der Waals surface area contributed by atoms with Gasteiger partial charge >= 0.3 is 5.97 Å². The van der Waals surface area contributed by atoms with Gasteiger partial charge < -0.3 is 10.8 Å². The van der Waals surface area contributed by atoms with Crippen molar-refractivity contribution in [3.05, 3.63) is 35.9 Å². The monoisotopic (exact) mass is 221 g/mol. The maximum atomic E-state index is 11.0. The van der Waals surface area contributed by atoms with Gasteiger partial charge in [-0.05, 0) is 32.3 Å². The van der Waals surface area contributed by atoms with Crippen LogP contribution in [0.4, 0.5) is 0 Å². The molecular weight excluding hydrogens is 202 g/mol. The van der Waals surface area contributed by atoms with E-state index in [2.05, 4.69) is 0 Å². The van der Waals surface area contributed by atoms with Gasteiger partial charge in [0.1, 0.15) is 0 Å². The highest BCUT2D eigenvalue weighted by molar-refractivity contribution is 5.74. The molecular formula is C13H19NO2. The molecule has 1 atom stereocenters. The van der Waals surface area contributed by atoms with E-state index in [1.165, 1.54) is 5.56 Å². The summed E-state index contributed by atoms with van der Waals surface area (Å²) in [5, 5.41) is 9.03. The summed E-state index contributed by atoms with van der Waals surface area (Å²) >= 11 is 0. The third-order valence-electron chi connectivity index (χ3n) is 3.07. The third-order valence-corrected chi connectivity index (χ3v) is 3.07. The molecule has 1 rings (SSSR count). The molecule has 0 aliphatic carbocycles. The maximum absolute atomic E-state index is 11.0. The molecule has 1 aromatic rings. The molecule has 88 valence electrons. The Labute approximate surface area is 96.3 Å². The van der Waals surface area contributed by atoms with E-state index in [0.717, 1.165) is 6.42 Å². The van der Waals surface area contributed by atoms with E-state index in [0.29, 0.717) is 6.42 Å². The molecule has 0 amide bonds. The van der Waals surface area contributed by atoms with E-state index >= 15 is 0 Å². The van der Waals surface area contributed by atoms with E-state index < -0.39 is 11.4 Å². The zero-order valence-electron chi connectivity index (χ0n) is 9.81. The Balaban J connectivity index is 2.53. The van der Waals surface area contributed by atoms with E-state index in [4.69, 9.17) is 10.8 Å². The van der Waals surface area contributed by atoms with E-state index in [-0.39, 0.29) is 6.04 Å². The highest BCUT2D eigenvalue weighted by Crippen LogP contribution is 2.22. The second-order valence-corrected chi connectivity index (χ2v) is 4.66. The number of carboxylic acid groups (broad SMARTS) is 1. The van der Waals surface area contributed by atoms with Crippen LogP contribution in [0.25, 0.3) is 0 Å². The average Bonchev–Trinajstić information content (AvgIpc) is 2.27. The first-order chi connectivity index (χ1) is 7.44. The SMILES string of the molecule is CC(C)(C(=O)O)[C@H](N)CCc1ccccc1. The number of aryl methyl sites for hydroxylation is 1. The van der Waals surface area contributed by atoms with Gasteiger partial charge in [-0.1, -0.05) is 30.3 Å². The summed E-state index contributed by atoms with van der Waals surface area (Å²) in [6, 6.07) is 9.64. The zero-order chi connectivity index (χ0) is 12.2. The van der Waals surface area contributed by atoms with E-state index in [1.807, 2.05) is 30.3 Å². The molecule has 0 saturated heterocycles. The fourth-order valence-electron chi connectivity index (χ4n) is 1.49. The van der Waals surface area contributed by atoms with Gasteiger partial charge in [0, 0.05) is 6.04 Å². The van der Waals surface area contributed by atoms with Crippen molar-refractivity contribution < 1.29 is 9.90 Å². The Bertz CT molecular complexity index is 346. The molecule has 0 fully saturated rings. The molecule has 0 saturated carbocycles. The van der Waals surface area contributed by atoms with Gasteiger partial charge in [-0.3, -0.25) is 4.79 Å². The first-order valence-electron chi connectivity index (χ1n) is 5.47. The molecule has 0 bridgehead atoms. The minimum atomic E-state index is -0.866. The van der Waals surface area contributed by atoms with Crippen LogP contribution in [0.15, 0.2) is 30.3 Å². The summed E-state index contributed by atoms with van der Waals surface area (Å²) in [4.78, 5) is 11.0. The fourth-order valence-corrected chi connectivity index (χ4v) is 1.49. The van der Waals surface area contributed by atoms with Crippen LogP contribution in [0.3, 0.4) is 0 Å². The van der Waals surface area contributed by atoms with Crippen LogP contribution in [-0.4, -0.2) is 17.1 Å². The van der Waals surface area contributed by atoms with Gasteiger partial charge in [0.15, 0.2) is 0 Å². The van der Waals surface area contributed by atoms with Crippen LogP contribution in [0.1, 0.15) is 25.8 Å². The number of hydrogen-bond donors (Lipinski definition) is 2. The Kier molecular flexibility index (Phi) is 4.07. The summed E-state index contributed by atoms with van der Waals surface area (Å²) in [6.45, 7) is 3.34. The molecule has 0 aromatic heterocycles. The molecule has 3 N–H and O–H groups in total. The summed E-state index contributed by atoms with van der Waals surface area (Å²) in [6.07, 6.45) is 1.50. The topological polar surface area (TPSA) is 63.3 Å². The van der Waals surface area contributed by atoms with Crippen molar-refractivity contribution in [3.63, 3.8) is 0 Å². The Morgan fingerprint density at radius 3 is 2.44 bits per heavy atom. The summed E-state index contributed by atoms with van der Waals surface area (Å²) in [7, 11) is 0. The normalized spacial score (nSPS) is 13.4. The van der Waals surface area contributed by atoms with Crippen LogP contribution in [0.2, 0.25) is 0 Å². The smallest absolute Gasteiger partial charge is 0.310 e. The lowest BCUT2D eigenvalue weighted by Crippen LogP contribution is -2.43. The molecule has 0 heterocycles. The molecule has 3 nitrogen and oxygen atoms in total. The van der Waals surface area contributed by atoms with Crippen LogP contribution < -0.4 is 5.73 Å². The molecule has 0 unspecified atom stereocenters. The van der Waals surface area contributed by atoms with Crippen molar-refractivity contribution >= 4 is 5.97 Å². The first-order valence-corrected chi connectivity index (χ1v) is 5.47. The van der Waals surface area contributed by atoms with Gasteiger partial charge in [0.2, 0.25) is 0 Å². The van der Waals surface area contributed by atoms with Crippen molar-refractivity contribution in [1.29, 1.82) is 0 Å². The number of rotatable bonds is 5. The van der Waals surface area contributed by atoms with Crippen molar-refractivity contribution in [3.8, 4) is 0 Å². The number of nitrogens with two attached hydrogens (primary N) is 1. The van der Waals surface area contributed by atoms with Crippen LogP contribution in [-0.2, 0) is 11.2 Å². The third kappa shape index (κ3) is 3.07. The molecule has 0 spiro atoms. The molecule has 3 heteroatoms. The quantitative estimate of drug-likeness (QED) is 0.800. The zero-order valence-corrected chi connectivity index (χ0v) is 9.81. The minimum Gasteiger partial charge on any atom is -0.481 e. The molecule has 0 aliphatic rings. The molecule has 0 aliphatic heterocycles. The number of carbonyl (C=O) groups is 1. The molecule has 16 heavy (non-hydrogen) atoms. The molecule has 1 aromatic carbocycles. The Morgan fingerprint density at radius 2 is 1.94 bits per heavy atom. The summed E-state index contributed by atoms with van der Waals surface area (Å²) in [5.74, 6) is -0.840. The highest BCUT2D eigenvalue weighted by atomic mass is 16.4. The van der Waals surface area contributed by atoms with Gasteiger partial charge in [-0.25, -0.2) is 0 Å². The van der Waals surface area contributed by atoms with Crippen LogP contribution in [0, 0.1) is 5.41 Å². The van der Waals surface area contributed by atoms with E-state index in [1.54, 1.807) is 13.8 Å². The van der Waals surface area contributed by atoms with Crippen molar-refractivity contribution in [1.82, 2.24) is 0 Å². The van der Waals surface area contributed by atoms with Gasteiger partial charge in [0.25, 0.3) is 0 Å². The highest BCUT2D eigenvalue weighted by Gasteiger charge is 2.33. The van der Waals surface area contributed by atoms with Crippen LogP contribution in [0.5, 0.6) is 0 Å².